The number of carbonyl (C=O) groups is 1. The average molecular weight is 563 g/mol. The highest BCUT2D eigenvalue weighted by Gasteiger charge is 2.28. The summed E-state index contributed by atoms with van der Waals surface area (Å²) in [6.45, 7) is 2.75. The molecule has 5 rings (SSSR count). The molecule has 1 aliphatic rings. The van der Waals surface area contributed by atoms with Crippen molar-refractivity contribution in [3.05, 3.63) is 107 Å². The Morgan fingerprint density at radius 2 is 1.51 bits per heavy atom. The molecule has 39 heavy (non-hydrogen) atoms. The van der Waals surface area contributed by atoms with E-state index >= 15 is 0 Å². The number of hydrogen-bond acceptors (Lipinski definition) is 7. The number of sulfonamides is 1. The molecule has 1 N–H and O–H groups in total. The fourth-order valence-corrected chi connectivity index (χ4v) is 6.71. The summed E-state index contributed by atoms with van der Waals surface area (Å²) >= 11 is 1.16. The standard InChI is InChI=1S/C29H30N4O4S2/c1-37-25-12-14-26(15-13-25)39(35,36)31-29-30-24(21-38-29)20-27(34)32-16-18-33(19-17-32)28(22-8-4-2-5-9-22)23-10-6-3-7-11-23/h2-15,21,28H,16-20H2,1H3,(H,30,31). The Kier molecular flexibility index (Phi) is 8.25. The first-order valence-corrected chi connectivity index (χ1v) is 15.0. The SMILES string of the molecule is COc1ccc(S(=O)(=O)Nc2nc(CC(=O)N3CCN(C(c4ccccc4)c4ccccc4)CC3)cs2)cc1. The number of amides is 1. The molecule has 4 aromatic rings. The molecule has 3 aromatic carbocycles. The number of rotatable bonds is 9. The van der Waals surface area contributed by atoms with Gasteiger partial charge in [-0.2, -0.15) is 0 Å². The number of ether oxygens (including phenoxy) is 1. The van der Waals surface area contributed by atoms with Gasteiger partial charge in [0.1, 0.15) is 5.75 Å². The molecule has 0 unspecified atom stereocenters. The van der Waals surface area contributed by atoms with E-state index in [0.717, 1.165) is 24.4 Å². The van der Waals surface area contributed by atoms with Crippen molar-refractivity contribution in [1.29, 1.82) is 0 Å². The molecule has 1 aromatic heterocycles. The molecular weight excluding hydrogens is 532 g/mol. The minimum atomic E-state index is -3.79. The minimum Gasteiger partial charge on any atom is -0.497 e. The zero-order chi connectivity index (χ0) is 27.2. The van der Waals surface area contributed by atoms with Gasteiger partial charge in [0.25, 0.3) is 10.0 Å². The maximum absolute atomic E-state index is 13.1. The van der Waals surface area contributed by atoms with E-state index in [1.807, 2.05) is 17.0 Å². The molecule has 8 nitrogen and oxygen atoms in total. The molecule has 1 fully saturated rings. The number of methoxy groups -OCH3 is 1. The smallest absolute Gasteiger partial charge is 0.263 e. The number of anilines is 1. The highest BCUT2D eigenvalue weighted by atomic mass is 32.2. The summed E-state index contributed by atoms with van der Waals surface area (Å²) in [5.74, 6) is 0.556. The average Bonchev–Trinajstić information content (AvgIpc) is 3.40. The quantitative estimate of drug-likeness (QED) is 0.325. The van der Waals surface area contributed by atoms with Crippen molar-refractivity contribution in [2.45, 2.75) is 17.4 Å². The lowest BCUT2D eigenvalue weighted by atomic mass is 9.96. The van der Waals surface area contributed by atoms with E-state index in [2.05, 4.69) is 63.1 Å². The van der Waals surface area contributed by atoms with Gasteiger partial charge >= 0.3 is 0 Å². The van der Waals surface area contributed by atoms with Gasteiger partial charge < -0.3 is 9.64 Å². The highest BCUT2D eigenvalue weighted by Crippen LogP contribution is 2.29. The Bertz CT molecular complexity index is 1450. The van der Waals surface area contributed by atoms with Gasteiger partial charge in [-0.3, -0.25) is 14.4 Å². The van der Waals surface area contributed by atoms with Gasteiger partial charge in [-0.15, -0.1) is 11.3 Å². The molecule has 0 aliphatic carbocycles. The van der Waals surface area contributed by atoms with Gasteiger partial charge in [0, 0.05) is 31.6 Å². The predicted molar refractivity (Wildman–Crippen MR) is 153 cm³/mol. The van der Waals surface area contributed by atoms with Gasteiger partial charge in [-0.05, 0) is 35.4 Å². The number of nitrogens with zero attached hydrogens (tertiary/aromatic N) is 3. The summed E-state index contributed by atoms with van der Waals surface area (Å²) in [6, 6.07) is 27.1. The second kappa shape index (κ2) is 12.0. The number of aromatic nitrogens is 1. The van der Waals surface area contributed by atoms with Crippen LogP contribution in [-0.2, 0) is 21.2 Å². The fraction of sp³-hybridized carbons (Fsp3) is 0.241. The second-order valence-electron chi connectivity index (χ2n) is 9.24. The summed E-state index contributed by atoms with van der Waals surface area (Å²) in [5, 5.41) is 1.95. The lowest BCUT2D eigenvalue weighted by Crippen LogP contribution is -2.50. The molecule has 202 valence electrons. The summed E-state index contributed by atoms with van der Waals surface area (Å²) in [7, 11) is -2.27. The van der Waals surface area contributed by atoms with E-state index in [-0.39, 0.29) is 28.4 Å². The van der Waals surface area contributed by atoms with Crippen molar-refractivity contribution < 1.29 is 17.9 Å². The first-order valence-electron chi connectivity index (χ1n) is 12.7. The van der Waals surface area contributed by atoms with E-state index in [1.54, 1.807) is 17.5 Å². The van der Waals surface area contributed by atoms with Crippen LogP contribution in [-0.4, -0.2) is 62.4 Å². The maximum Gasteiger partial charge on any atom is 0.263 e. The number of thiazole rings is 1. The third-order valence-corrected chi connectivity index (χ3v) is 9.03. The number of benzene rings is 3. The van der Waals surface area contributed by atoms with Crippen LogP contribution in [0.4, 0.5) is 5.13 Å². The fourth-order valence-electron chi connectivity index (χ4n) is 4.74. The van der Waals surface area contributed by atoms with Crippen molar-refractivity contribution in [1.82, 2.24) is 14.8 Å². The normalized spacial score (nSPS) is 14.4. The van der Waals surface area contributed by atoms with Crippen molar-refractivity contribution in [2.24, 2.45) is 0 Å². The molecule has 1 aliphatic heterocycles. The molecule has 1 saturated heterocycles. The van der Waals surface area contributed by atoms with Crippen molar-refractivity contribution in [2.75, 3.05) is 38.0 Å². The van der Waals surface area contributed by atoms with E-state index in [0.29, 0.717) is 24.5 Å². The number of nitrogens with one attached hydrogen (secondary N) is 1. The molecule has 10 heteroatoms. The molecule has 0 atom stereocenters. The number of hydrogen-bond donors (Lipinski definition) is 1. The summed E-state index contributed by atoms with van der Waals surface area (Å²) in [4.78, 5) is 21.8. The summed E-state index contributed by atoms with van der Waals surface area (Å²) in [5.41, 5.74) is 3.01. The highest BCUT2D eigenvalue weighted by molar-refractivity contribution is 7.93. The zero-order valence-electron chi connectivity index (χ0n) is 21.6. The molecule has 0 spiro atoms. The van der Waals surface area contributed by atoms with E-state index < -0.39 is 10.0 Å². The Hall–Kier alpha value is -3.73. The van der Waals surface area contributed by atoms with Crippen molar-refractivity contribution in [3.8, 4) is 5.75 Å². The topological polar surface area (TPSA) is 91.8 Å². The van der Waals surface area contributed by atoms with E-state index in [1.165, 1.54) is 30.4 Å². The Morgan fingerprint density at radius 1 is 0.923 bits per heavy atom. The van der Waals surface area contributed by atoms with Gasteiger partial charge in [0.15, 0.2) is 5.13 Å². The van der Waals surface area contributed by atoms with Gasteiger partial charge in [-0.1, -0.05) is 60.7 Å². The molecular formula is C29H30N4O4S2. The Labute approximate surface area is 232 Å². The monoisotopic (exact) mass is 562 g/mol. The van der Waals surface area contributed by atoms with Crippen LogP contribution in [0.5, 0.6) is 5.75 Å². The van der Waals surface area contributed by atoms with Crippen LogP contribution in [0.2, 0.25) is 0 Å². The van der Waals surface area contributed by atoms with Crippen molar-refractivity contribution >= 4 is 32.4 Å². The Morgan fingerprint density at radius 3 is 2.08 bits per heavy atom. The van der Waals surface area contributed by atoms with Crippen LogP contribution in [0.25, 0.3) is 0 Å². The third-order valence-electron chi connectivity index (χ3n) is 6.74. The number of piperazine rings is 1. The van der Waals surface area contributed by atoms with Crippen LogP contribution in [0, 0.1) is 0 Å². The van der Waals surface area contributed by atoms with E-state index in [4.69, 9.17) is 4.74 Å². The largest absolute Gasteiger partial charge is 0.497 e. The molecule has 0 bridgehead atoms. The van der Waals surface area contributed by atoms with Crippen LogP contribution < -0.4 is 9.46 Å². The number of carbonyl (C=O) groups excluding carboxylic acids is 1. The molecule has 2 heterocycles. The summed E-state index contributed by atoms with van der Waals surface area (Å²) < 4.78 is 33.0. The van der Waals surface area contributed by atoms with Crippen LogP contribution in [0.1, 0.15) is 22.9 Å². The van der Waals surface area contributed by atoms with Crippen molar-refractivity contribution in [3.63, 3.8) is 0 Å². The first kappa shape index (κ1) is 26.9. The predicted octanol–water partition coefficient (Wildman–Crippen LogP) is 4.43. The van der Waals surface area contributed by atoms with Gasteiger partial charge in [0.05, 0.1) is 30.2 Å². The van der Waals surface area contributed by atoms with Crippen LogP contribution in [0.3, 0.4) is 0 Å². The molecule has 0 saturated carbocycles. The maximum atomic E-state index is 13.1. The van der Waals surface area contributed by atoms with Crippen LogP contribution in [0.15, 0.2) is 95.2 Å². The lowest BCUT2D eigenvalue weighted by Gasteiger charge is -2.39. The minimum absolute atomic E-state index is 0.0134. The van der Waals surface area contributed by atoms with Gasteiger partial charge in [0.2, 0.25) is 5.91 Å². The van der Waals surface area contributed by atoms with Gasteiger partial charge in [-0.25, -0.2) is 13.4 Å². The zero-order valence-corrected chi connectivity index (χ0v) is 23.2. The second-order valence-corrected chi connectivity index (χ2v) is 11.8. The van der Waals surface area contributed by atoms with Crippen LogP contribution >= 0.6 is 11.3 Å². The molecule has 0 radical (unpaired) electrons. The summed E-state index contributed by atoms with van der Waals surface area (Å²) in [6.07, 6.45) is 0.127. The Balaban J connectivity index is 1.19. The molecule has 1 amide bonds. The first-order chi connectivity index (χ1) is 18.9. The third kappa shape index (κ3) is 6.47. The van der Waals surface area contributed by atoms with E-state index in [9.17, 15) is 13.2 Å². The lowest BCUT2D eigenvalue weighted by molar-refractivity contribution is -0.132.